The molecule has 1 fully saturated rings. The molecule has 1 heterocycles. The van der Waals surface area contributed by atoms with Crippen LogP contribution in [0.3, 0.4) is 0 Å². The third-order valence-electron chi connectivity index (χ3n) is 2.49. The molecule has 1 saturated carbocycles. The number of H-pyrrole nitrogens is 1. The van der Waals surface area contributed by atoms with Crippen molar-refractivity contribution >= 4 is 5.97 Å². The average molecular weight is 212 g/mol. The molecule has 78 valence electrons. The molecule has 1 aliphatic rings. The number of aromatic nitrogens is 1. The van der Waals surface area contributed by atoms with Crippen molar-refractivity contribution in [2.75, 3.05) is 0 Å². The normalized spacial score (nSPS) is 27.0. The minimum Gasteiger partial charge on any atom is -0.477 e. The van der Waals surface area contributed by atoms with Crippen LogP contribution in [0.5, 0.6) is 0 Å². The van der Waals surface area contributed by atoms with E-state index in [1.54, 1.807) is 0 Å². The van der Waals surface area contributed by atoms with Crippen molar-refractivity contribution in [3.63, 3.8) is 0 Å². The van der Waals surface area contributed by atoms with Crippen molar-refractivity contribution in [2.24, 2.45) is 5.92 Å². The van der Waals surface area contributed by atoms with Crippen LogP contribution in [0.25, 0.3) is 0 Å². The van der Waals surface area contributed by atoms with E-state index in [-0.39, 0.29) is 11.3 Å². The van der Waals surface area contributed by atoms with E-state index in [1.807, 2.05) is 0 Å². The first-order chi connectivity index (χ1) is 6.98. The van der Waals surface area contributed by atoms with Crippen LogP contribution >= 0.6 is 0 Å². The van der Waals surface area contributed by atoms with E-state index in [4.69, 9.17) is 10.4 Å². The maximum Gasteiger partial charge on any atom is 0.352 e. The summed E-state index contributed by atoms with van der Waals surface area (Å²) >= 11 is 0. The summed E-state index contributed by atoms with van der Waals surface area (Å²) in [6.07, 6.45) is 1.21. The van der Waals surface area contributed by atoms with Gasteiger partial charge in [-0.1, -0.05) is 0 Å². The molecule has 0 saturated heterocycles. The van der Waals surface area contributed by atoms with Gasteiger partial charge >= 0.3 is 5.97 Å². The van der Waals surface area contributed by atoms with Crippen LogP contribution in [0, 0.1) is 17.2 Å². The molecule has 0 radical (unpaired) electrons. The van der Waals surface area contributed by atoms with Crippen LogP contribution in [0.15, 0.2) is 12.3 Å². The molecular weight excluding hydrogens is 206 g/mol. The number of carboxylic acid groups (broad SMARTS) is 1. The summed E-state index contributed by atoms with van der Waals surface area (Å²) in [5, 5.41) is 17.0. The van der Waals surface area contributed by atoms with Gasteiger partial charge in [-0.3, -0.25) is 0 Å². The van der Waals surface area contributed by atoms with Gasteiger partial charge in [-0.15, -0.1) is 0 Å². The summed E-state index contributed by atoms with van der Waals surface area (Å²) < 4.78 is 25.9. The SMILES string of the molecule is N#CC1C(c2c[nH]c(C(=O)O)c2)C1(F)F. The molecule has 0 aliphatic heterocycles. The first-order valence-electron chi connectivity index (χ1n) is 4.17. The zero-order valence-corrected chi connectivity index (χ0v) is 7.37. The molecule has 6 heteroatoms. The van der Waals surface area contributed by atoms with E-state index in [9.17, 15) is 13.6 Å². The number of hydrogen-bond donors (Lipinski definition) is 2. The van der Waals surface area contributed by atoms with E-state index in [2.05, 4.69) is 4.98 Å². The van der Waals surface area contributed by atoms with Crippen LogP contribution in [0.2, 0.25) is 0 Å². The number of alkyl halides is 2. The van der Waals surface area contributed by atoms with Crippen molar-refractivity contribution in [3.05, 3.63) is 23.5 Å². The number of nitriles is 1. The number of aromatic carboxylic acids is 1. The minimum atomic E-state index is -3.04. The van der Waals surface area contributed by atoms with Crippen LogP contribution < -0.4 is 0 Å². The van der Waals surface area contributed by atoms with Crippen LogP contribution in [0.1, 0.15) is 22.0 Å². The summed E-state index contributed by atoms with van der Waals surface area (Å²) in [6.45, 7) is 0. The van der Waals surface area contributed by atoms with Crippen molar-refractivity contribution in [1.82, 2.24) is 4.98 Å². The van der Waals surface area contributed by atoms with Crippen molar-refractivity contribution in [1.29, 1.82) is 5.26 Å². The molecule has 2 atom stereocenters. The first kappa shape index (κ1) is 9.65. The van der Waals surface area contributed by atoms with Crippen molar-refractivity contribution < 1.29 is 18.7 Å². The van der Waals surface area contributed by atoms with Gasteiger partial charge < -0.3 is 10.1 Å². The van der Waals surface area contributed by atoms with Crippen LogP contribution in [-0.4, -0.2) is 22.0 Å². The predicted molar refractivity (Wildman–Crippen MR) is 44.5 cm³/mol. The Balaban J connectivity index is 2.27. The van der Waals surface area contributed by atoms with Crippen molar-refractivity contribution in [2.45, 2.75) is 11.8 Å². The second-order valence-electron chi connectivity index (χ2n) is 3.41. The second kappa shape index (κ2) is 2.79. The third kappa shape index (κ3) is 1.28. The number of rotatable bonds is 2. The summed E-state index contributed by atoms with van der Waals surface area (Å²) in [5.41, 5.74) is 0.0216. The van der Waals surface area contributed by atoms with Gasteiger partial charge in [-0.05, 0) is 11.6 Å². The largest absolute Gasteiger partial charge is 0.477 e. The lowest BCUT2D eigenvalue weighted by Crippen LogP contribution is -1.95. The summed E-state index contributed by atoms with van der Waals surface area (Å²) in [5.74, 6) is -6.76. The monoisotopic (exact) mass is 212 g/mol. The summed E-state index contributed by atoms with van der Waals surface area (Å²) in [6, 6.07) is 2.64. The Hall–Kier alpha value is -1.90. The van der Waals surface area contributed by atoms with Crippen LogP contribution in [0.4, 0.5) is 8.78 Å². The van der Waals surface area contributed by atoms with E-state index in [0.717, 1.165) is 6.07 Å². The summed E-state index contributed by atoms with van der Waals surface area (Å²) in [4.78, 5) is 12.9. The minimum absolute atomic E-state index is 0.149. The molecular formula is C9H6F2N2O2. The van der Waals surface area contributed by atoms with E-state index in [1.165, 1.54) is 12.3 Å². The smallest absolute Gasteiger partial charge is 0.352 e. The van der Waals surface area contributed by atoms with E-state index >= 15 is 0 Å². The number of nitrogens with one attached hydrogen (secondary N) is 1. The first-order valence-corrected chi connectivity index (χ1v) is 4.17. The number of nitrogens with zero attached hydrogens (tertiary/aromatic N) is 1. The highest BCUT2D eigenvalue weighted by atomic mass is 19.3. The maximum atomic E-state index is 13.0. The second-order valence-corrected chi connectivity index (χ2v) is 3.41. The molecule has 2 N–H and O–H groups in total. The van der Waals surface area contributed by atoms with E-state index < -0.39 is 23.7 Å². The Morgan fingerprint density at radius 1 is 1.67 bits per heavy atom. The topological polar surface area (TPSA) is 76.9 Å². The van der Waals surface area contributed by atoms with Gasteiger partial charge in [0.25, 0.3) is 5.92 Å². The lowest BCUT2D eigenvalue weighted by Gasteiger charge is -1.90. The van der Waals surface area contributed by atoms with Crippen LogP contribution in [-0.2, 0) is 0 Å². The molecule has 0 spiro atoms. The van der Waals surface area contributed by atoms with Crippen molar-refractivity contribution in [3.8, 4) is 6.07 Å². The Kier molecular flexibility index (Phi) is 1.80. The standard InChI is InChI=1S/C9H6F2N2O2/c10-9(11)5(2-12)7(9)4-1-6(8(14)15)13-3-4/h1,3,5,7,13H,(H,14,15). The Bertz CT molecular complexity index is 461. The molecule has 2 unspecified atom stereocenters. The predicted octanol–water partition coefficient (Wildman–Crippen LogP) is 1.59. The van der Waals surface area contributed by atoms with Gasteiger partial charge in [0.05, 0.1) is 12.0 Å². The molecule has 0 amide bonds. The molecule has 1 aromatic heterocycles. The number of carbonyl (C=O) groups is 1. The third-order valence-corrected chi connectivity index (χ3v) is 2.49. The quantitative estimate of drug-likeness (QED) is 0.781. The zero-order valence-electron chi connectivity index (χ0n) is 7.37. The van der Waals surface area contributed by atoms with Gasteiger partial charge in [-0.25, -0.2) is 13.6 Å². The highest BCUT2D eigenvalue weighted by molar-refractivity contribution is 5.85. The van der Waals surface area contributed by atoms with Gasteiger partial charge in [0.15, 0.2) is 0 Å². The molecule has 1 aliphatic carbocycles. The Morgan fingerprint density at radius 2 is 2.33 bits per heavy atom. The fourth-order valence-electron chi connectivity index (χ4n) is 1.62. The van der Waals surface area contributed by atoms with Gasteiger partial charge in [0.2, 0.25) is 0 Å². The zero-order chi connectivity index (χ0) is 11.2. The molecule has 4 nitrogen and oxygen atoms in total. The number of hydrogen-bond acceptors (Lipinski definition) is 2. The molecule has 0 bridgehead atoms. The number of halogens is 2. The fraction of sp³-hybridized carbons (Fsp3) is 0.333. The number of aromatic amines is 1. The maximum absolute atomic E-state index is 13.0. The van der Waals surface area contributed by atoms with Gasteiger partial charge in [0.1, 0.15) is 11.6 Å². The highest BCUT2D eigenvalue weighted by Crippen LogP contribution is 2.61. The Labute approximate surface area is 83.1 Å². The average Bonchev–Trinajstić information content (AvgIpc) is 2.58. The molecule has 0 aromatic carbocycles. The van der Waals surface area contributed by atoms with E-state index in [0.29, 0.717) is 0 Å². The lowest BCUT2D eigenvalue weighted by molar-refractivity contribution is 0.0690. The number of carboxylic acids is 1. The summed E-state index contributed by atoms with van der Waals surface area (Å²) in [7, 11) is 0. The molecule has 1 aromatic rings. The molecule has 15 heavy (non-hydrogen) atoms. The highest BCUT2D eigenvalue weighted by Gasteiger charge is 2.69. The Morgan fingerprint density at radius 3 is 2.73 bits per heavy atom. The lowest BCUT2D eigenvalue weighted by atomic mass is 10.2. The van der Waals surface area contributed by atoms with Gasteiger partial charge in [-0.2, -0.15) is 5.26 Å². The molecule has 2 rings (SSSR count). The van der Waals surface area contributed by atoms with Gasteiger partial charge in [0, 0.05) is 6.20 Å². The fourth-order valence-corrected chi connectivity index (χ4v) is 1.62.